The number of esters is 3. The monoisotopic (exact) mass is 1010 g/mol. The lowest BCUT2D eigenvalue weighted by Crippen LogP contribution is -2.30. The van der Waals surface area contributed by atoms with Crippen LogP contribution in [0.3, 0.4) is 0 Å². The standard InChI is InChI=1S/C67H110O6/c1-4-7-10-13-16-19-22-24-26-27-28-29-30-31-32-33-34-35-36-37-38-39-41-42-45-48-51-54-57-60-66(69)72-63-64(62-71-65(68)59-56-53-50-47-44-21-18-15-12-9-6-3)73-67(70)61-58-55-52-49-46-43-40-25-23-20-17-14-11-8-5-2/h7,10,16-17,19-20,24-26,28-29,31-32,34-35,37-38,40-42,64H,4-6,8-9,11-15,18,21-23,27,30,33,36,39,43-63H2,1-3H3/b10-7-,19-16-,20-17-,26-24-,29-28-,32-31-,35-34-,38-37-,40-25-,42-41-. The third kappa shape index (κ3) is 58.6. The van der Waals surface area contributed by atoms with Crippen LogP contribution in [0.2, 0.25) is 0 Å². The molecule has 0 aromatic rings. The van der Waals surface area contributed by atoms with E-state index in [1.54, 1.807) is 0 Å². The van der Waals surface area contributed by atoms with Gasteiger partial charge in [-0.3, -0.25) is 14.4 Å². The summed E-state index contributed by atoms with van der Waals surface area (Å²) >= 11 is 0. The van der Waals surface area contributed by atoms with Crippen molar-refractivity contribution in [2.24, 2.45) is 0 Å². The molecule has 0 aliphatic rings. The lowest BCUT2D eigenvalue weighted by atomic mass is 10.1. The quantitative estimate of drug-likeness (QED) is 0.0261. The van der Waals surface area contributed by atoms with Crippen molar-refractivity contribution < 1.29 is 28.6 Å². The highest BCUT2D eigenvalue weighted by Crippen LogP contribution is 2.14. The molecule has 1 atom stereocenters. The maximum absolute atomic E-state index is 12.8. The summed E-state index contributed by atoms with van der Waals surface area (Å²) in [6.45, 7) is 6.46. The summed E-state index contributed by atoms with van der Waals surface area (Å²) in [5.41, 5.74) is 0. The molecule has 0 radical (unpaired) electrons. The number of hydrogen-bond acceptors (Lipinski definition) is 6. The first kappa shape index (κ1) is 68.8. The molecule has 0 N–H and O–H groups in total. The zero-order valence-corrected chi connectivity index (χ0v) is 47.4. The number of allylic oxidation sites excluding steroid dienone is 20. The van der Waals surface area contributed by atoms with Crippen molar-refractivity contribution in [1.29, 1.82) is 0 Å². The molecular formula is C67H110O6. The summed E-state index contributed by atoms with van der Waals surface area (Å²) in [5, 5.41) is 0. The fourth-order valence-corrected chi connectivity index (χ4v) is 7.96. The summed E-state index contributed by atoms with van der Waals surface area (Å²) in [5.74, 6) is -0.933. The van der Waals surface area contributed by atoms with Crippen LogP contribution >= 0.6 is 0 Å². The molecule has 414 valence electrons. The van der Waals surface area contributed by atoms with Crippen LogP contribution < -0.4 is 0 Å². The van der Waals surface area contributed by atoms with Gasteiger partial charge in [-0.2, -0.15) is 0 Å². The minimum Gasteiger partial charge on any atom is -0.462 e. The van der Waals surface area contributed by atoms with Crippen molar-refractivity contribution in [2.45, 2.75) is 271 Å². The number of unbranched alkanes of at least 4 members (excludes halogenated alkanes) is 22. The van der Waals surface area contributed by atoms with Gasteiger partial charge in [-0.05, 0) is 116 Å². The van der Waals surface area contributed by atoms with Gasteiger partial charge in [-0.25, -0.2) is 0 Å². The Kier molecular flexibility index (Phi) is 56.9. The van der Waals surface area contributed by atoms with E-state index in [2.05, 4.69) is 142 Å². The van der Waals surface area contributed by atoms with Crippen LogP contribution in [0.5, 0.6) is 0 Å². The number of ether oxygens (including phenoxy) is 3. The zero-order valence-electron chi connectivity index (χ0n) is 47.4. The summed E-state index contributed by atoms with van der Waals surface area (Å²) < 4.78 is 16.8. The van der Waals surface area contributed by atoms with Crippen LogP contribution in [0.25, 0.3) is 0 Å². The molecule has 0 amide bonds. The van der Waals surface area contributed by atoms with Gasteiger partial charge in [0.2, 0.25) is 0 Å². The second-order valence-electron chi connectivity index (χ2n) is 19.5. The first-order valence-electron chi connectivity index (χ1n) is 30.0. The lowest BCUT2D eigenvalue weighted by Gasteiger charge is -2.18. The van der Waals surface area contributed by atoms with E-state index in [4.69, 9.17) is 14.2 Å². The average molecular weight is 1010 g/mol. The predicted molar refractivity (Wildman–Crippen MR) is 316 cm³/mol. The van der Waals surface area contributed by atoms with E-state index in [1.807, 2.05) is 0 Å². The van der Waals surface area contributed by atoms with Crippen molar-refractivity contribution in [3.05, 3.63) is 122 Å². The topological polar surface area (TPSA) is 78.9 Å². The SMILES string of the molecule is CC/C=C\C/C=C\C/C=C\C/C=C\C/C=C\C/C=C\C/C=C\C/C=C\CCCCCCC(=O)OCC(COC(=O)CCCCCCCCCCCCC)OC(=O)CCCCCCC/C=C\C/C=C\CCCCC. The number of hydrogen-bond donors (Lipinski definition) is 0. The largest absolute Gasteiger partial charge is 0.462 e. The molecule has 6 nitrogen and oxygen atoms in total. The molecule has 0 aromatic heterocycles. The Bertz CT molecular complexity index is 1540. The van der Waals surface area contributed by atoms with Crippen LogP contribution in [0.4, 0.5) is 0 Å². The maximum atomic E-state index is 12.8. The van der Waals surface area contributed by atoms with Gasteiger partial charge < -0.3 is 14.2 Å². The van der Waals surface area contributed by atoms with Crippen molar-refractivity contribution in [3.8, 4) is 0 Å². The van der Waals surface area contributed by atoms with Gasteiger partial charge in [0.1, 0.15) is 13.2 Å². The molecule has 0 saturated heterocycles. The van der Waals surface area contributed by atoms with E-state index in [0.29, 0.717) is 19.3 Å². The molecule has 0 heterocycles. The minimum atomic E-state index is -0.797. The maximum Gasteiger partial charge on any atom is 0.306 e. The molecule has 0 saturated carbocycles. The fraction of sp³-hybridized carbons (Fsp3) is 0.657. The predicted octanol–water partition coefficient (Wildman–Crippen LogP) is 20.4. The van der Waals surface area contributed by atoms with Gasteiger partial charge in [0.05, 0.1) is 0 Å². The van der Waals surface area contributed by atoms with E-state index in [0.717, 1.165) is 148 Å². The fourth-order valence-electron chi connectivity index (χ4n) is 7.96. The second kappa shape index (κ2) is 60.4. The van der Waals surface area contributed by atoms with E-state index >= 15 is 0 Å². The normalized spacial score (nSPS) is 13.0. The van der Waals surface area contributed by atoms with Crippen molar-refractivity contribution in [1.82, 2.24) is 0 Å². The molecular weight excluding hydrogens is 901 g/mol. The van der Waals surface area contributed by atoms with Gasteiger partial charge in [0, 0.05) is 19.3 Å². The van der Waals surface area contributed by atoms with Gasteiger partial charge in [-0.15, -0.1) is 0 Å². The number of rotatable bonds is 53. The van der Waals surface area contributed by atoms with Crippen LogP contribution in [-0.2, 0) is 28.6 Å². The third-order valence-corrected chi connectivity index (χ3v) is 12.5. The minimum absolute atomic E-state index is 0.0924. The summed E-state index contributed by atoms with van der Waals surface area (Å²) in [7, 11) is 0. The van der Waals surface area contributed by atoms with E-state index in [-0.39, 0.29) is 31.1 Å². The molecule has 6 heteroatoms. The molecule has 0 aliphatic heterocycles. The Morgan fingerprint density at radius 2 is 0.534 bits per heavy atom. The van der Waals surface area contributed by atoms with Crippen molar-refractivity contribution in [2.75, 3.05) is 13.2 Å². The molecule has 0 fully saturated rings. The Labute approximate surface area is 450 Å². The van der Waals surface area contributed by atoms with Gasteiger partial charge in [0.15, 0.2) is 6.10 Å². The summed E-state index contributed by atoms with van der Waals surface area (Å²) in [4.78, 5) is 38.1. The molecule has 0 aliphatic carbocycles. The number of carbonyl (C=O) groups excluding carboxylic acids is 3. The molecule has 0 spiro atoms. The van der Waals surface area contributed by atoms with E-state index in [1.165, 1.54) is 77.0 Å². The molecule has 0 aromatic carbocycles. The van der Waals surface area contributed by atoms with Crippen LogP contribution in [-0.4, -0.2) is 37.2 Å². The molecule has 0 rings (SSSR count). The highest BCUT2D eigenvalue weighted by molar-refractivity contribution is 5.71. The van der Waals surface area contributed by atoms with Crippen LogP contribution in [0.15, 0.2) is 122 Å². The van der Waals surface area contributed by atoms with Gasteiger partial charge >= 0.3 is 17.9 Å². The third-order valence-electron chi connectivity index (χ3n) is 12.5. The smallest absolute Gasteiger partial charge is 0.306 e. The molecule has 73 heavy (non-hydrogen) atoms. The van der Waals surface area contributed by atoms with Crippen LogP contribution in [0, 0.1) is 0 Å². The average Bonchev–Trinajstić information content (AvgIpc) is 3.39. The summed E-state index contributed by atoms with van der Waals surface area (Å²) in [6, 6.07) is 0. The first-order valence-corrected chi connectivity index (χ1v) is 30.0. The number of carbonyl (C=O) groups is 3. The second-order valence-corrected chi connectivity index (χ2v) is 19.5. The highest BCUT2D eigenvalue weighted by atomic mass is 16.6. The highest BCUT2D eigenvalue weighted by Gasteiger charge is 2.19. The van der Waals surface area contributed by atoms with Crippen molar-refractivity contribution >= 4 is 17.9 Å². The molecule has 1 unspecified atom stereocenters. The summed E-state index contributed by atoms with van der Waals surface area (Å²) in [6.07, 6.45) is 83.4. The van der Waals surface area contributed by atoms with E-state index < -0.39 is 6.10 Å². The van der Waals surface area contributed by atoms with Gasteiger partial charge in [0.25, 0.3) is 0 Å². The van der Waals surface area contributed by atoms with Crippen LogP contribution in [0.1, 0.15) is 265 Å². The van der Waals surface area contributed by atoms with Gasteiger partial charge in [-0.1, -0.05) is 251 Å². The van der Waals surface area contributed by atoms with E-state index in [9.17, 15) is 14.4 Å². The Morgan fingerprint density at radius 1 is 0.288 bits per heavy atom. The molecule has 0 bridgehead atoms. The lowest BCUT2D eigenvalue weighted by molar-refractivity contribution is -0.167. The van der Waals surface area contributed by atoms with Crippen molar-refractivity contribution in [3.63, 3.8) is 0 Å². The first-order chi connectivity index (χ1) is 36.0. The Morgan fingerprint density at radius 3 is 0.863 bits per heavy atom. The Hall–Kier alpha value is -4.19. The zero-order chi connectivity index (χ0) is 52.9. The Balaban J connectivity index is 4.35.